The topological polar surface area (TPSA) is 96.8 Å². The SMILES string of the molecule is N#Cc1c(C(F)F)ncc(S(N)(=O)=O)c1F. The molecule has 0 amide bonds. The summed E-state index contributed by atoms with van der Waals surface area (Å²) in [4.78, 5) is 1.92. The summed E-state index contributed by atoms with van der Waals surface area (Å²) in [5.41, 5.74) is -2.24. The van der Waals surface area contributed by atoms with Gasteiger partial charge in [-0.25, -0.2) is 26.7 Å². The number of aromatic nitrogens is 1. The van der Waals surface area contributed by atoms with Gasteiger partial charge in [-0.2, -0.15) is 5.26 Å². The van der Waals surface area contributed by atoms with Crippen LogP contribution in [0.3, 0.4) is 0 Å². The number of sulfonamides is 1. The minimum atomic E-state index is -4.44. The zero-order chi connectivity index (χ0) is 12.5. The van der Waals surface area contributed by atoms with E-state index in [4.69, 9.17) is 5.26 Å². The number of hydrogen-bond donors (Lipinski definition) is 1. The van der Waals surface area contributed by atoms with Crippen LogP contribution in [0.25, 0.3) is 0 Å². The summed E-state index contributed by atoms with van der Waals surface area (Å²) in [6, 6.07) is 1.12. The summed E-state index contributed by atoms with van der Waals surface area (Å²) in [7, 11) is -4.44. The van der Waals surface area contributed by atoms with Gasteiger partial charge in [0.1, 0.15) is 22.2 Å². The van der Waals surface area contributed by atoms with Crippen LogP contribution >= 0.6 is 0 Å². The Morgan fingerprint density at radius 2 is 2.06 bits per heavy atom. The molecular weight excluding hydrogens is 247 g/mol. The van der Waals surface area contributed by atoms with Gasteiger partial charge in [0.05, 0.1) is 6.20 Å². The Labute approximate surface area is 88.4 Å². The molecule has 0 aromatic carbocycles. The Hall–Kier alpha value is -1.66. The van der Waals surface area contributed by atoms with Crippen molar-refractivity contribution in [1.29, 1.82) is 5.26 Å². The Kier molecular flexibility index (Phi) is 3.16. The van der Waals surface area contributed by atoms with Crippen molar-refractivity contribution in [2.75, 3.05) is 0 Å². The first-order valence-electron chi connectivity index (χ1n) is 3.68. The molecule has 5 nitrogen and oxygen atoms in total. The van der Waals surface area contributed by atoms with Crippen LogP contribution < -0.4 is 5.14 Å². The quantitative estimate of drug-likeness (QED) is 0.835. The average Bonchev–Trinajstić information content (AvgIpc) is 2.14. The van der Waals surface area contributed by atoms with Crippen molar-refractivity contribution in [1.82, 2.24) is 4.98 Å². The van der Waals surface area contributed by atoms with Gasteiger partial charge in [-0.05, 0) is 0 Å². The first-order valence-corrected chi connectivity index (χ1v) is 5.23. The van der Waals surface area contributed by atoms with E-state index in [-0.39, 0.29) is 0 Å². The summed E-state index contributed by atoms with van der Waals surface area (Å²) in [6.45, 7) is 0. The summed E-state index contributed by atoms with van der Waals surface area (Å²) in [5.74, 6) is -1.62. The highest BCUT2D eigenvalue weighted by Crippen LogP contribution is 2.25. The molecule has 0 bridgehead atoms. The molecule has 16 heavy (non-hydrogen) atoms. The molecule has 0 atom stereocenters. The molecule has 0 spiro atoms. The smallest absolute Gasteiger partial charge is 0.252 e. The first-order chi connectivity index (χ1) is 7.29. The van der Waals surface area contributed by atoms with E-state index in [1.807, 2.05) is 0 Å². The molecule has 1 aromatic rings. The summed E-state index contributed by atoms with van der Waals surface area (Å²) >= 11 is 0. The zero-order valence-electron chi connectivity index (χ0n) is 7.49. The third-order valence-corrected chi connectivity index (χ3v) is 2.54. The molecule has 0 saturated carbocycles. The molecule has 0 fully saturated rings. The maximum Gasteiger partial charge on any atom is 0.281 e. The van der Waals surface area contributed by atoms with Crippen molar-refractivity contribution in [3.8, 4) is 6.07 Å². The summed E-state index contributed by atoms with van der Waals surface area (Å²) in [6.07, 6.45) is -2.83. The van der Waals surface area contributed by atoms with E-state index in [0.29, 0.717) is 6.20 Å². The summed E-state index contributed by atoms with van der Waals surface area (Å²) in [5, 5.41) is 13.0. The van der Waals surface area contributed by atoms with Gasteiger partial charge in [-0.1, -0.05) is 0 Å². The van der Waals surface area contributed by atoms with Gasteiger partial charge in [-0.15, -0.1) is 0 Å². The van der Waals surface area contributed by atoms with Crippen molar-refractivity contribution in [2.45, 2.75) is 11.3 Å². The van der Waals surface area contributed by atoms with Crippen LogP contribution in [0.5, 0.6) is 0 Å². The number of nitrogens with zero attached hydrogens (tertiary/aromatic N) is 2. The van der Waals surface area contributed by atoms with E-state index in [1.54, 1.807) is 0 Å². The normalized spacial score (nSPS) is 11.5. The van der Waals surface area contributed by atoms with Crippen LogP contribution in [0.2, 0.25) is 0 Å². The minimum Gasteiger partial charge on any atom is -0.252 e. The number of alkyl halides is 2. The second kappa shape index (κ2) is 4.07. The van der Waals surface area contributed by atoms with Gasteiger partial charge in [0, 0.05) is 0 Å². The lowest BCUT2D eigenvalue weighted by atomic mass is 10.2. The molecule has 0 saturated heterocycles. The average molecular weight is 251 g/mol. The van der Waals surface area contributed by atoms with E-state index in [9.17, 15) is 21.6 Å². The highest BCUT2D eigenvalue weighted by atomic mass is 32.2. The number of pyridine rings is 1. The van der Waals surface area contributed by atoms with Crippen LogP contribution in [0.4, 0.5) is 13.2 Å². The highest BCUT2D eigenvalue weighted by molar-refractivity contribution is 7.89. The van der Waals surface area contributed by atoms with Crippen LogP contribution in [-0.4, -0.2) is 13.4 Å². The molecule has 9 heteroatoms. The lowest BCUT2D eigenvalue weighted by molar-refractivity contribution is 0.145. The van der Waals surface area contributed by atoms with E-state index in [2.05, 4.69) is 10.1 Å². The van der Waals surface area contributed by atoms with Crippen molar-refractivity contribution in [2.24, 2.45) is 5.14 Å². The summed E-state index contributed by atoms with van der Waals surface area (Å²) < 4.78 is 59.5. The lowest BCUT2D eigenvalue weighted by Crippen LogP contribution is -2.16. The lowest BCUT2D eigenvalue weighted by Gasteiger charge is -2.05. The van der Waals surface area contributed by atoms with Crippen molar-refractivity contribution >= 4 is 10.0 Å². The molecule has 86 valence electrons. The van der Waals surface area contributed by atoms with Crippen LogP contribution in [0, 0.1) is 17.1 Å². The van der Waals surface area contributed by atoms with Crippen LogP contribution in [0.15, 0.2) is 11.1 Å². The van der Waals surface area contributed by atoms with E-state index >= 15 is 0 Å². The van der Waals surface area contributed by atoms with E-state index in [0.717, 1.165) is 6.07 Å². The Morgan fingerprint density at radius 3 is 2.44 bits per heavy atom. The minimum absolute atomic E-state index is 0.354. The second-order valence-electron chi connectivity index (χ2n) is 2.65. The first kappa shape index (κ1) is 12.4. The molecule has 0 radical (unpaired) electrons. The van der Waals surface area contributed by atoms with Gasteiger partial charge in [-0.3, -0.25) is 4.98 Å². The number of nitriles is 1. The number of hydrogen-bond acceptors (Lipinski definition) is 4. The maximum absolute atomic E-state index is 13.3. The third-order valence-electron chi connectivity index (χ3n) is 1.64. The predicted molar refractivity (Wildman–Crippen MR) is 45.2 cm³/mol. The number of nitrogens with two attached hydrogens (primary N) is 1. The molecule has 1 heterocycles. The van der Waals surface area contributed by atoms with Crippen LogP contribution in [-0.2, 0) is 10.0 Å². The van der Waals surface area contributed by atoms with Gasteiger partial charge in [0.25, 0.3) is 6.43 Å². The molecule has 1 rings (SSSR count). The van der Waals surface area contributed by atoms with Gasteiger partial charge in [0.2, 0.25) is 10.0 Å². The largest absolute Gasteiger partial charge is 0.281 e. The fraction of sp³-hybridized carbons (Fsp3) is 0.143. The highest BCUT2D eigenvalue weighted by Gasteiger charge is 2.25. The zero-order valence-corrected chi connectivity index (χ0v) is 8.30. The molecule has 0 aliphatic rings. The van der Waals surface area contributed by atoms with E-state index in [1.165, 1.54) is 0 Å². The Morgan fingerprint density at radius 1 is 1.50 bits per heavy atom. The van der Waals surface area contributed by atoms with Crippen LogP contribution in [0.1, 0.15) is 17.7 Å². The van der Waals surface area contributed by atoms with Crippen molar-refractivity contribution < 1.29 is 21.6 Å². The predicted octanol–water partition coefficient (Wildman–Crippen LogP) is 0.677. The Balaban J connectivity index is 3.61. The molecule has 1 aromatic heterocycles. The molecule has 0 aliphatic heterocycles. The second-order valence-corrected chi connectivity index (χ2v) is 4.18. The maximum atomic E-state index is 13.3. The van der Waals surface area contributed by atoms with Crippen molar-refractivity contribution in [3.63, 3.8) is 0 Å². The molecule has 0 aliphatic carbocycles. The molecular formula is C7H4F3N3O2S. The standard InChI is InChI=1S/C7H4F3N3O2S/c8-5-3(1-11)6(7(9)10)13-2-4(5)16(12,14)15/h2,7H,(H2,12,14,15). The fourth-order valence-electron chi connectivity index (χ4n) is 0.955. The number of halogens is 3. The number of rotatable bonds is 2. The van der Waals surface area contributed by atoms with Gasteiger partial charge >= 0.3 is 0 Å². The third kappa shape index (κ3) is 2.12. The fourth-order valence-corrected chi connectivity index (χ4v) is 1.51. The molecule has 0 unspecified atom stereocenters. The van der Waals surface area contributed by atoms with Crippen molar-refractivity contribution in [3.05, 3.63) is 23.3 Å². The van der Waals surface area contributed by atoms with E-state index < -0.39 is 38.4 Å². The van der Waals surface area contributed by atoms with Gasteiger partial charge in [0.15, 0.2) is 5.82 Å². The van der Waals surface area contributed by atoms with Gasteiger partial charge < -0.3 is 0 Å². The Bertz CT molecular complexity index is 565. The molecule has 2 N–H and O–H groups in total. The number of primary sulfonamides is 1. The monoisotopic (exact) mass is 251 g/mol.